The highest BCUT2D eigenvalue weighted by Gasteiger charge is 2.19. The van der Waals surface area contributed by atoms with E-state index >= 15 is 0 Å². The molecule has 0 spiro atoms. The van der Waals surface area contributed by atoms with Gasteiger partial charge in [-0.2, -0.15) is 0 Å². The quantitative estimate of drug-likeness (QED) is 0.513. The van der Waals surface area contributed by atoms with Crippen molar-refractivity contribution in [3.63, 3.8) is 0 Å². The number of hydrogen-bond donors (Lipinski definition) is 1. The molecule has 138 valence electrons. The molecule has 0 atom stereocenters. The maximum atomic E-state index is 12.6. The first kappa shape index (κ1) is 18.4. The van der Waals surface area contributed by atoms with Gasteiger partial charge in [-0.25, -0.2) is 0 Å². The average molecular weight is 493 g/mol. The summed E-state index contributed by atoms with van der Waals surface area (Å²) in [6, 6.07) is 13.0. The highest BCUT2D eigenvalue weighted by molar-refractivity contribution is 14.1. The molecule has 2 heterocycles. The number of hydrogen-bond acceptors (Lipinski definition) is 3. The number of aromatic nitrogens is 3. The summed E-state index contributed by atoms with van der Waals surface area (Å²) in [5.41, 5.74) is 2.12. The summed E-state index contributed by atoms with van der Waals surface area (Å²) in [7, 11) is 0. The van der Waals surface area contributed by atoms with E-state index in [1.165, 1.54) is 6.42 Å². The number of carbonyl (C=O) groups is 1. The summed E-state index contributed by atoms with van der Waals surface area (Å²) in [5.74, 6) is 1.63. The van der Waals surface area contributed by atoms with Crippen LogP contribution in [-0.4, -0.2) is 20.7 Å². The zero-order chi connectivity index (χ0) is 18.8. The Bertz CT molecular complexity index is 1000. The predicted molar refractivity (Wildman–Crippen MR) is 115 cm³/mol. The van der Waals surface area contributed by atoms with Gasteiger partial charge in [0.1, 0.15) is 5.82 Å². The lowest BCUT2D eigenvalue weighted by Crippen LogP contribution is -2.13. The molecule has 27 heavy (non-hydrogen) atoms. The van der Waals surface area contributed by atoms with Gasteiger partial charge in [0.2, 0.25) is 0 Å². The molecule has 1 N–H and O–H groups in total. The van der Waals surface area contributed by atoms with Gasteiger partial charge in [-0.15, -0.1) is 10.2 Å². The van der Waals surface area contributed by atoms with Crippen LogP contribution < -0.4 is 5.32 Å². The Hall–Kier alpha value is -1.93. The number of fused-ring (bicyclic) bond motifs is 1. The minimum absolute atomic E-state index is 0.145. The Labute approximate surface area is 176 Å². The number of benzene rings is 2. The number of rotatable bonds is 3. The fraction of sp³-hybridized carbons (Fsp3) is 0.250. The first-order valence-electron chi connectivity index (χ1n) is 8.91. The van der Waals surface area contributed by atoms with Crippen molar-refractivity contribution < 1.29 is 4.79 Å². The van der Waals surface area contributed by atoms with Gasteiger partial charge in [0, 0.05) is 27.8 Å². The van der Waals surface area contributed by atoms with E-state index in [0.717, 1.165) is 46.6 Å². The molecule has 1 amide bonds. The fourth-order valence-electron chi connectivity index (χ4n) is 3.30. The van der Waals surface area contributed by atoms with E-state index in [2.05, 4.69) is 42.7 Å². The van der Waals surface area contributed by atoms with Gasteiger partial charge in [0.05, 0.1) is 10.6 Å². The molecule has 1 aliphatic rings. The molecule has 1 aromatic heterocycles. The summed E-state index contributed by atoms with van der Waals surface area (Å²) >= 11 is 8.62. The minimum Gasteiger partial charge on any atom is -0.322 e. The van der Waals surface area contributed by atoms with Crippen molar-refractivity contribution in [3.8, 4) is 11.4 Å². The molecule has 0 radical (unpaired) electrons. The number of halogens is 2. The van der Waals surface area contributed by atoms with Gasteiger partial charge in [-0.3, -0.25) is 4.79 Å². The topological polar surface area (TPSA) is 59.8 Å². The Balaban J connectivity index is 1.66. The molecule has 1 aliphatic heterocycles. The van der Waals surface area contributed by atoms with Crippen LogP contribution in [0.3, 0.4) is 0 Å². The van der Waals surface area contributed by atoms with Gasteiger partial charge in [0.25, 0.3) is 5.91 Å². The van der Waals surface area contributed by atoms with Crippen molar-refractivity contribution in [1.29, 1.82) is 0 Å². The summed E-state index contributed by atoms with van der Waals surface area (Å²) in [4.78, 5) is 12.6. The summed E-state index contributed by atoms with van der Waals surface area (Å²) < 4.78 is 3.06. The van der Waals surface area contributed by atoms with E-state index in [1.807, 2.05) is 30.3 Å². The molecule has 0 unspecified atom stereocenters. The molecular weight excluding hydrogens is 475 g/mol. The first-order valence-corrected chi connectivity index (χ1v) is 10.4. The van der Waals surface area contributed by atoms with Crippen LogP contribution in [0, 0.1) is 3.57 Å². The second-order valence-corrected chi connectivity index (χ2v) is 8.10. The van der Waals surface area contributed by atoms with E-state index in [-0.39, 0.29) is 5.91 Å². The van der Waals surface area contributed by atoms with E-state index in [9.17, 15) is 4.79 Å². The molecule has 7 heteroatoms. The summed E-state index contributed by atoms with van der Waals surface area (Å²) in [6.07, 6.45) is 4.38. The van der Waals surface area contributed by atoms with Crippen molar-refractivity contribution >= 4 is 45.8 Å². The van der Waals surface area contributed by atoms with Crippen molar-refractivity contribution in [2.45, 2.75) is 32.2 Å². The maximum absolute atomic E-state index is 12.6. The largest absolute Gasteiger partial charge is 0.322 e. The van der Waals surface area contributed by atoms with Gasteiger partial charge in [0.15, 0.2) is 5.82 Å². The summed E-state index contributed by atoms with van der Waals surface area (Å²) in [5, 5.41) is 12.3. The second-order valence-electron chi connectivity index (χ2n) is 6.53. The molecule has 4 rings (SSSR count). The van der Waals surface area contributed by atoms with Gasteiger partial charge in [-0.1, -0.05) is 30.2 Å². The van der Waals surface area contributed by atoms with Crippen molar-refractivity contribution in [2.75, 3.05) is 5.32 Å². The number of amides is 1. The van der Waals surface area contributed by atoms with Gasteiger partial charge < -0.3 is 9.88 Å². The Kier molecular flexibility index (Phi) is 5.45. The molecule has 3 aromatic rings. The Morgan fingerprint density at radius 1 is 1.11 bits per heavy atom. The maximum Gasteiger partial charge on any atom is 0.256 e. The number of carbonyl (C=O) groups excluding carboxylic acids is 1. The fourth-order valence-corrected chi connectivity index (χ4v) is 4.14. The van der Waals surface area contributed by atoms with Crippen molar-refractivity contribution in [1.82, 2.24) is 14.8 Å². The van der Waals surface area contributed by atoms with E-state index < -0.39 is 0 Å². The van der Waals surface area contributed by atoms with Crippen LogP contribution in [0.25, 0.3) is 11.4 Å². The molecule has 0 aliphatic carbocycles. The molecule has 0 bridgehead atoms. The molecule has 2 aromatic carbocycles. The lowest BCUT2D eigenvalue weighted by molar-refractivity contribution is 0.102. The van der Waals surface area contributed by atoms with Crippen LogP contribution in [0.5, 0.6) is 0 Å². The summed E-state index contributed by atoms with van der Waals surface area (Å²) in [6.45, 7) is 0.896. The third kappa shape index (κ3) is 3.87. The number of nitrogens with one attached hydrogen (secondary N) is 1. The van der Waals surface area contributed by atoms with Gasteiger partial charge >= 0.3 is 0 Å². The number of nitrogens with zero attached hydrogens (tertiary/aromatic N) is 3. The van der Waals surface area contributed by atoms with Crippen LogP contribution in [0.2, 0.25) is 5.02 Å². The highest BCUT2D eigenvalue weighted by Crippen LogP contribution is 2.31. The van der Waals surface area contributed by atoms with Crippen molar-refractivity contribution in [2.24, 2.45) is 0 Å². The van der Waals surface area contributed by atoms with E-state index in [4.69, 9.17) is 11.6 Å². The third-order valence-electron chi connectivity index (χ3n) is 4.69. The van der Waals surface area contributed by atoms with Crippen LogP contribution in [0.15, 0.2) is 42.5 Å². The SMILES string of the molecule is O=C(Nc1ccc(Cl)c(-c2nnc3n2CCCCC3)c1)c1ccccc1I. The van der Waals surface area contributed by atoms with Crippen LogP contribution in [0.1, 0.15) is 35.4 Å². The lowest BCUT2D eigenvalue weighted by atomic mass is 10.1. The second kappa shape index (κ2) is 7.98. The number of aryl methyl sites for hydroxylation is 1. The standard InChI is InChI=1S/C20H18ClIN4O/c21-16-10-9-13(23-20(27)14-6-3-4-7-17(14)22)12-15(16)19-25-24-18-8-2-1-5-11-26(18)19/h3-4,6-7,9-10,12H,1-2,5,8,11H2,(H,23,27). The first-order chi connectivity index (χ1) is 13.1. The monoisotopic (exact) mass is 492 g/mol. The van der Waals surface area contributed by atoms with Gasteiger partial charge in [-0.05, 0) is 65.8 Å². The molecule has 0 saturated heterocycles. The Morgan fingerprint density at radius 2 is 1.96 bits per heavy atom. The van der Waals surface area contributed by atoms with E-state index in [1.54, 1.807) is 12.1 Å². The predicted octanol–water partition coefficient (Wildman–Crippen LogP) is 5.18. The zero-order valence-electron chi connectivity index (χ0n) is 14.6. The molecule has 0 fully saturated rings. The minimum atomic E-state index is -0.145. The molecular formula is C20H18ClIN4O. The third-order valence-corrected chi connectivity index (χ3v) is 5.96. The normalized spacial score (nSPS) is 13.7. The molecule has 0 saturated carbocycles. The highest BCUT2D eigenvalue weighted by atomic mass is 127. The zero-order valence-corrected chi connectivity index (χ0v) is 17.5. The van der Waals surface area contributed by atoms with Crippen LogP contribution in [-0.2, 0) is 13.0 Å². The van der Waals surface area contributed by atoms with Crippen LogP contribution in [0.4, 0.5) is 5.69 Å². The molecule has 5 nitrogen and oxygen atoms in total. The smallest absolute Gasteiger partial charge is 0.256 e. The number of anilines is 1. The van der Waals surface area contributed by atoms with E-state index in [0.29, 0.717) is 16.3 Å². The van der Waals surface area contributed by atoms with Crippen molar-refractivity contribution in [3.05, 3.63) is 62.4 Å². The lowest BCUT2D eigenvalue weighted by Gasteiger charge is -2.11. The Morgan fingerprint density at radius 3 is 2.81 bits per heavy atom. The van der Waals surface area contributed by atoms with Crippen LogP contribution >= 0.6 is 34.2 Å². The average Bonchev–Trinajstić information content (AvgIpc) is 2.91.